The molecule has 2 aromatic heterocycles. The molecule has 13 nitrogen and oxygen atoms in total. The Morgan fingerprint density at radius 2 is 1.88 bits per heavy atom. The van der Waals surface area contributed by atoms with Crippen LogP contribution in [0.5, 0.6) is 5.75 Å². The second kappa shape index (κ2) is 14.3. The second-order valence-electron chi connectivity index (χ2n) is 14.6. The number of amides is 1. The number of rotatable bonds is 11. The maximum atomic E-state index is 14.3. The molecular weight excluding hydrogens is 673 g/mol. The predicted molar refractivity (Wildman–Crippen MR) is 190 cm³/mol. The summed E-state index contributed by atoms with van der Waals surface area (Å²) in [5, 5.41) is 13.7. The summed E-state index contributed by atoms with van der Waals surface area (Å²) in [7, 11) is -2.32. The maximum absolute atomic E-state index is 14.3. The van der Waals surface area contributed by atoms with Gasteiger partial charge in [0, 0.05) is 37.3 Å². The molecule has 1 aromatic carbocycles. The zero-order valence-electron chi connectivity index (χ0n) is 30.2. The Morgan fingerprint density at radius 1 is 1.14 bits per heavy atom. The highest BCUT2D eigenvalue weighted by Gasteiger charge is 2.50. The molecule has 51 heavy (non-hydrogen) atoms. The molecule has 0 radical (unpaired) electrons. The van der Waals surface area contributed by atoms with Gasteiger partial charge in [-0.1, -0.05) is 26.1 Å². The summed E-state index contributed by atoms with van der Waals surface area (Å²) < 4.78 is 23.7. The lowest BCUT2D eigenvalue weighted by Crippen LogP contribution is -2.47. The highest BCUT2D eigenvalue weighted by molar-refractivity contribution is 6.91. The van der Waals surface area contributed by atoms with Crippen LogP contribution < -0.4 is 20.8 Å². The average molecular weight is 717 g/mol. The van der Waals surface area contributed by atoms with Gasteiger partial charge in [-0.15, -0.1) is 0 Å². The maximum Gasteiger partial charge on any atom is 0.407 e. The number of carbonyl (C=O) groups excluding carboxylic acids is 4. The number of cyclic esters (lactones) is 1. The molecule has 3 aromatic rings. The quantitative estimate of drug-likeness (QED) is 0.0720. The molecule has 0 bridgehead atoms. The third kappa shape index (κ3) is 7.53. The van der Waals surface area contributed by atoms with Crippen LogP contribution in [0, 0.1) is 11.3 Å². The van der Waals surface area contributed by atoms with Crippen LogP contribution in [0.25, 0.3) is 22.3 Å². The molecule has 0 aliphatic carbocycles. The molecule has 270 valence electrons. The van der Waals surface area contributed by atoms with Crippen molar-refractivity contribution in [3.63, 3.8) is 0 Å². The number of esters is 3. The van der Waals surface area contributed by atoms with Gasteiger partial charge in [0.25, 0.3) is 5.56 Å². The van der Waals surface area contributed by atoms with Crippen LogP contribution >= 0.6 is 0 Å². The Labute approximate surface area is 297 Å². The fourth-order valence-electron chi connectivity index (χ4n) is 6.94. The molecule has 5 rings (SSSR count). The van der Waals surface area contributed by atoms with E-state index in [2.05, 4.69) is 24.5 Å². The van der Waals surface area contributed by atoms with Gasteiger partial charge < -0.3 is 28.8 Å². The van der Waals surface area contributed by atoms with Crippen molar-refractivity contribution in [1.82, 2.24) is 14.9 Å². The number of nitrogens with one attached hydrogen (secondary N) is 1. The zero-order valence-corrected chi connectivity index (χ0v) is 31.2. The number of carbonyl (C=O) groups is 4. The number of pyridine rings is 2. The van der Waals surface area contributed by atoms with Crippen molar-refractivity contribution in [2.45, 2.75) is 110 Å². The number of fused-ring (bicyclic) bond motifs is 5. The van der Waals surface area contributed by atoms with E-state index < -0.39 is 43.3 Å². The first-order valence-corrected chi connectivity index (χ1v) is 20.4. The monoisotopic (exact) mass is 716 g/mol. The van der Waals surface area contributed by atoms with Crippen molar-refractivity contribution in [2.75, 3.05) is 6.54 Å². The number of nitriles is 1. The Bertz CT molecular complexity index is 2030. The Kier molecular flexibility index (Phi) is 10.4. The van der Waals surface area contributed by atoms with Crippen molar-refractivity contribution >= 4 is 48.2 Å². The molecule has 0 saturated heterocycles. The van der Waals surface area contributed by atoms with Gasteiger partial charge in [-0.05, 0) is 75.0 Å². The highest BCUT2D eigenvalue weighted by Crippen LogP contribution is 2.41. The van der Waals surface area contributed by atoms with E-state index in [9.17, 15) is 29.2 Å². The standard InChI is InChI=1S/C37H44N4O9Si/c1-8-37(49-30(43)12-11-16-39-35(46)50-36(3,4)5)27-19-29-31-25(20-41(29)33(44)26(27)21-47-34(37)45)32(51(6,7)17-10-9-15-38)24-18-23(48-22(2)42)13-14-28(24)40-31/h13-14,18-19H,8-12,16-17,20-21H2,1-7H3,(H,39,46). The van der Waals surface area contributed by atoms with Gasteiger partial charge in [0.1, 0.15) is 18.0 Å². The van der Waals surface area contributed by atoms with Crippen LogP contribution in [0.3, 0.4) is 0 Å². The molecule has 2 aliphatic rings. The average Bonchev–Trinajstić information content (AvgIpc) is 3.40. The third-order valence-corrected chi connectivity index (χ3v) is 12.7. The van der Waals surface area contributed by atoms with Crippen LogP contribution in [-0.4, -0.2) is 53.8 Å². The van der Waals surface area contributed by atoms with Gasteiger partial charge in [0.15, 0.2) is 0 Å². The van der Waals surface area contributed by atoms with Crippen molar-refractivity contribution in [2.24, 2.45) is 0 Å². The van der Waals surface area contributed by atoms with Crippen molar-refractivity contribution in [3.8, 4) is 23.2 Å². The third-order valence-electron chi connectivity index (χ3n) is 9.17. The molecule has 2 aliphatic heterocycles. The fourth-order valence-corrected chi connectivity index (χ4v) is 10.2. The predicted octanol–water partition coefficient (Wildman–Crippen LogP) is 5.08. The van der Waals surface area contributed by atoms with E-state index in [1.165, 1.54) is 6.92 Å². The van der Waals surface area contributed by atoms with Crippen LogP contribution in [0.1, 0.15) is 83.4 Å². The number of unbranched alkanes of at least 4 members (excludes halogenated alkanes) is 1. The van der Waals surface area contributed by atoms with E-state index in [4.69, 9.17) is 23.9 Å². The number of aromatic nitrogens is 2. The van der Waals surface area contributed by atoms with Crippen LogP contribution in [0.4, 0.5) is 4.79 Å². The van der Waals surface area contributed by atoms with Crippen molar-refractivity contribution in [1.29, 1.82) is 5.26 Å². The number of nitrogens with zero attached hydrogens (tertiary/aromatic N) is 3. The molecule has 1 atom stereocenters. The van der Waals surface area contributed by atoms with Crippen molar-refractivity contribution < 1.29 is 38.1 Å². The Balaban J connectivity index is 1.55. The highest BCUT2D eigenvalue weighted by atomic mass is 28.3. The molecule has 14 heteroatoms. The summed E-state index contributed by atoms with van der Waals surface area (Å²) in [5.41, 5.74) is 0.180. The van der Waals surface area contributed by atoms with E-state index in [0.29, 0.717) is 35.5 Å². The summed E-state index contributed by atoms with van der Waals surface area (Å²) in [4.78, 5) is 69.8. The normalized spacial score (nSPS) is 16.3. The molecule has 1 amide bonds. The molecule has 0 spiro atoms. The molecule has 0 fully saturated rings. The minimum absolute atomic E-state index is 0.0185. The Hall–Kier alpha value is -5.03. The lowest BCUT2D eigenvalue weighted by molar-refractivity contribution is -0.189. The molecule has 1 unspecified atom stereocenters. The zero-order chi connectivity index (χ0) is 37.3. The molecule has 4 heterocycles. The fraction of sp³-hybridized carbons (Fsp3) is 0.486. The van der Waals surface area contributed by atoms with Crippen LogP contribution in [0.2, 0.25) is 19.1 Å². The van der Waals surface area contributed by atoms with Crippen LogP contribution in [-0.2, 0) is 47.3 Å². The number of hydrogen-bond acceptors (Lipinski definition) is 11. The number of ether oxygens (including phenoxy) is 4. The lowest BCUT2D eigenvalue weighted by atomic mass is 9.85. The smallest absolute Gasteiger partial charge is 0.407 e. The summed E-state index contributed by atoms with van der Waals surface area (Å²) in [6.07, 6.45) is 0.657. The molecule has 1 N–H and O–H groups in total. The lowest BCUT2D eigenvalue weighted by Gasteiger charge is -2.35. The van der Waals surface area contributed by atoms with E-state index in [1.54, 1.807) is 50.5 Å². The van der Waals surface area contributed by atoms with Gasteiger partial charge in [0.2, 0.25) is 5.60 Å². The van der Waals surface area contributed by atoms with E-state index in [1.807, 2.05) is 6.07 Å². The summed E-state index contributed by atoms with van der Waals surface area (Å²) in [6, 6.07) is 10.0. The summed E-state index contributed by atoms with van der Waals surface area (Å²) in [6.45, 7) is 12.8. The number of benzene rings is 1. The van der Waals surface area contributed by atoms with Gasteiger partial charge in [-0.2, -0.15) is 5.26 Å². The summed E-state index contributed by atoms with van der Waals surface area (Å²) in [5.74, 6) is -1.52. The van der Waals surface area contributed by atoms with E-state index in [-0.39, 0.29) is 55.6 Å². The minimum atomic E-state index is -2.32. The molecule has 0 saturated carbocycles. The number of alkyl carbamates (subject to hydrolysis) is 1. The SMILES string of the molecule is CCC1(OC(=O)CCCNC(=O)OC(C)(C)C)C(=O)OCc2c1cc1n(c2=O)Cc2c-1nc1ccc(OC(C)=O)cc1c2[Si](C)(C)CCCC#N. The van der Waals surface area contributed by atoms with Crippen LogP contribution in [0.15, 0.2) is 29.1 Å². The largest absolute Gasteiger partial charge is 0.457 e. The van der Waals surface area contributed by atoms with Crippen molar-refractivity contribution in [3.05, 3.63) is 51.3 Å². The second-order valence-corrected chi connectivity index (χ2v) is 19.3. The number of hydrogen-bond donors (Lipinski definition) is 1. The van der Waals surface area contributed by atoms with Gasteiger partial charge in [-0.25, -0.2) is 14.6 Å². The topological polar surface area (TPSA) is 176 Å². The molecular formula is C37H44N4O9Si. The van der Waals surface area contributed by atoms with E-state index in [0.717, 1.165) is 22.2 Å². The summed E-state index contributed by atoms with van der Waals surface area (Å²) >= 11 is 0. The van der Waals surface area contributed by atoms with E-state index >= 15 is 0 Å². The minimum Gasteiger partial charge on any atom is -0.457 e. The Morgan fingerprint density at radius 3 is 2.55 bits per heavy atom. The van der Waals surface area contributed by atoms with Gasteiger partial charge in [-0.3, -0.25) is 14.4 Å². The van der Waals surface area contributed by atoms with Gasteiger partial charge in [0.05, 0.1) is 43.2 Å². The van der Waals surface area contributed by atoms with Gasteiger partial charge >= 0.3 is 24.0 Å². The first-order valence-electron chi connectivity index (χ1n) is 17.2. The first-order chi connectivity index (χ1) is 24.0. The first kappa shape index (κ1) is 37.2.